The van der Waals surface area contributed by atoms with Crippen molar-refractivity contribution in [2.24, 2.45) is 0 Å². The van der Waals surface area contributed by atoms with Crippen LogP contribution in [0.5, 0.6) is 5.75 Å². The van der Waals surface area contributed by atoms with Crippen LogP contribution in [-0.4, -0.2) is 38.1 Å². The summed E-state index contributed by atoms with van der Waals surface area (Å²) < 4.78 is 37.6. The molecule has 2 aromatic rings. The summed E-state index contributed by atoms with van der Waals surface area (Å²) in [4.78, 5) is 0.170. The first kappa shape index (κ1) is 15.1. The van der Waals surface area contributed by atoms with Crippen LogP contribution in [0.15, 0.2) is 33.7 Å². The van der Waals surface area contributed by atoms with E-state index in [1.54, 1.807) is 24.3 Å². The second-order valence-corrected chi connectivity index (χ2v) is 7.22. The summed E-state index contributed by atoms with van der Waals surface area (Å²) in [6.07, 6.45) is 1.78. The Morgan fingerprint density at radius 2 is 1.95 bits per heavy atom. The highest BCUT2D eigenvalue weighted by atomic mass is 32.2. The van der Waals surface area contributed by atoms with Crippen LogP contribution in [0.2, 0.25) is 0 Å². The first-order valence-corrected chi connectivity index (χ1v) is 8.58. The molecule has 1 saturated heterocycles. The third-order valence-corrected chi connectivity index (χ3v) is 5.68. The molecule has 7 heteroatoms. The summed E-state index contributed by atoms with van der Waals surface area (Å²) in [5.41, 5.74) is 1.41. The van der Waals surface area contributed by atoms with Crippen molar-refractivity contribution in [2.45, 2.75) is 24.7 Å². The molecular weight excluding hydrogens is 304 g/mol. The number of sulfonamides is 1. The predicted molar refractivity (Wildman–Crippen MR) is 81.2 cm³/mol. The molecule has 118 valence electrons. The molecule has 0 saturated carbocycles. The van der Waals surface area contributed by atoms with Crippen LogP contribution in [0.1, 0.15) is 18.5 Å². The molecule has 0 spiro atoms. The van der Waals surface area contributed by atoms with Crippen LogP contribution in [0, 0.1) is 6.92 Å². The van der Waals surface area contributed by atoms with Gasteiger partial charge < -0.3 is 9.26 Å². The lowest BCUT2D eigenvalue weighted by molar-refractivity contribution is 0.398. The minimum absolute atomic E-state index is 0.170. The van der Waals surface area contributed by atoms with Gasteiger partial charge in [0.15, 0.2) is 5.76 Å². The maximum Gasteiger partial charge on any atom is 0.246 e. The van der Waals surface area contributed by atoms with Gasteiger partial charge in [-0.2, -0.15) is 4.31 Å². The molecule has 0 aliphatic carbocycles. The molecule has 0 unspecified atom stereocenters. The zero-order valence-electron chi connectivity index (χ0n) is 12.6. The third-order valence-electron chi connectivity index (χ3n) is 3.76. The summed E-state index contributed by atoms with van der Waals surface area (Å²) in [5, 5.41) is 3.84. The maximum atomic E-state index is 12.8. The van der Waals surface area contributed by atoms with Gasteiger partial charge in [-0.25, -0.2) is 8.42 Å². The van der Waals surface area contributed by atoms with Crippen molar-refractivity contribution in [3.05, 3.63) is 30.0 Å². The van der Waals surface area contributed by atoms with E-state index < -0.39 is 10.0 Å². The molecule has 0 N–H and O–H groups in total. The van der Waals surface area contributed by atoms with E-state index in [-0.39, 0.29) is 4.90 Å². The Kier molecular flexibility index (Phi) is 3.92. The molecule has 1 aromatic heterocycles. The molecule has 1 fully saturated rings. The van der Waals surface area contributed by atoms with Gasteiger partial charge in [-0.15, -0.1) is 0 Å². The summed E-state index contributed by atoms with van der Waals surface area (Å²) >= 11 is 0. The Hall–Kier alpha value is -1.86. The second-order valence-electron chi connectivity index (χ2n) is 5.31. The molecular formula is C15H18N2O4S. The molecule has 6 nitrogen and oxygen atoms in total. The largest absolute Gasteiger partial charge is 0.495 e. The molecule has 0 radical (unpaired) electrons. The number of benzene rings is 1. The maximum absolute atomic E-state index is 12.8. The Morgan fingerprint density at radius 3 is 2.55 bits per heavy atom. The average Bonchev–Trinajstić information content (AvgIpc) is 3.18. The van der Waals surface area contributed by atoms with E-state index in [1.807, 2.05) is 6.92 Å². The zero-order chi connectivity index (χ0) is 15.7. The van der Waals surface area contributed by atoms with Gasteiger partial charge in [0.2, 0.25) is 10.0 Å². The number of aryl methyl sites for hydroxylation is 1. The summed E-state index contributed by atoms with van der Waals surface area (Å²) in [6.45, 7) is 2.92. The summed E-state index contributed by atoms with van der Waals surface area (Å²) in [7, 11) is -2.09. The minimum Gasteiger partial charge on any atom is -0.495 e. The Morgan fingerprint density at radius 1 is 1.23 bits per heavy atom. The molecule has 1 aliphatic rings. The molecule has 2 heterocycles. The van der Waals surface area contributed by atoms with Crippen LogP contribution in [-0.2, 0) is 10.0 Å². The van der Waals surface area contributed by atoms with E-state index in [2.05, 4.69) is 5.16 Å². The van der Waals surface area contributed by atoms with Crippen molar-refractivity contribution >= 4 is 10.0 Å². The monoisotopic (exact) mass is 322 g/mol. The van der Waals surface area contributed by atoms with E-state index in [9.17, 15) is 8.42 Å². The lowest BCUT2D eigenvalue weighted by Crippen LogP contribution is -2.28. The van der Waals surface area contributed by atoms with Crippen LogP contribution in [0.25, 0.3) is 11.3 Å². The van der Waals surface area contributed by atoms with Crippen LogP contribution < -0.4 is 4.74 Å². The van der Waals surface area contributed by atoms with Crippen molar-refractivity contribution in [3.8, 4) is 17.1 Å². The number of hydrogen-bond acceptors (Lipinski definition) is 5. The number of hydrogen-bond donors (Lipinski definition) is 0. The van der Waals surface area contributed by atoms with Crippen molar-refractivity contribution in [1.82, 2.24) is 9.46 Å². The Bertz CT molecular complexity index is 777. The van der Waals surface area contributed by atoms with Crippen LogP contribution >= 0.6 is 0 Å². The summed E-state index contributed by atoms with van der Waals surface area (Å²) in [5.74, 6) is 0.880. The van der Waals surface area contributed by atoms with Crippen molar-refractivity contribution < 1.29 is 17.7 Å². The van der Waals surface area contributed by atoms with Gasteiger partial charge >= 0.3 is 0 Å². The van der Waals surface area contributed by atoms with E-state index in [1.165, 1.54) is 11.4 Å². The highest BCUT2D eigenvalue weighted by Crippen LogP contribution is 2.33. The predicted octanol–water partition coefficient (Wildman–Crippen LogP) is 2.44. The van der Waals surface area contributed by atoms with Gasteiger partial charge in [-0.3, -0.25) is 0 Å². The smallest absolute Gasteiger partial charge is 0.246 e. The van der Waals surface area contributed by atoms with Gasteiger partial charge in [0.05, 0.1) is 12.8 Å². The van der Waals surface area contributed by atoms with Gasteiger partial charge in [0.25, 0.3) is 0 Å². The van der Waals surface area contributed by atoms with Crippen molar-refractivity contribution in [3.63, 3.8) is 0 Å². The fourth-order valence-electron chi connectivity index (χ4n) is 2.60. The molecule has 0 atom stereocenters. The highest BCUT2D eigenvalue weighted by Gasteiger charge is 2.30. The highest BCUT2D eigenvalue weighted by molar-refractivity contribution is 7.89. The average molecular weight is 322 g/mol. The third kappa shape index (κ3) is 2.62. The second kappa shape index (κ2) is 5.73. The fourth-order valence-corrected chi connectivity index (χ4v) is 4.30. The molecule has 0 amide bonds. The first-order valence-electron chi connectivity index (χ1n) is 7.14. The SMILES string of the molecule is COc1ccc(-c2cc(C)no2)cc1S(=O)(=O)N1CCCC1. The zero-order valence-corrected chi connectivity index (χ0v) is 13.4. The van der Waals surface area contributed by atoms with Gasteiger partial charge in [0, 0.05) is 24.7 Å². The fraction of sp³-hybridized carbons (Fsp3) is 0.400. The standard InChI is InChI=1S/C15H18N2O4S/c1-11-9-14(21-16-11)12-5-6-13(20-2)15(10-12)22(18,19)17-7-3-4-8-17/h5-6,9-10H,3-4,7-8H2,1-2H3. The van der Waals surface area contributed by atoms with Gasteiger partial charge in [-0.05, 0) is 38.0 Å². The Labute approximate surface area is 129 Å². The van der Waals surface area contributed by atoms with E-state index >= 15 is 0 Å². The van der Waals surface area contributed by atoms with Crippen LogP contribution in [0.3, 0.4) is 0 Å². The molecule has 1 aliphatic heterocycles. The molecule has 3 rings (SSSR count). The topological polar surface area (TPSA) is 72.6 Å². The number of methoxy groups -OCH3 is 1. The van der Waals surface area contributed by atoms with Gasteiger partial charge in [-0.1, -0.05) is 5.16 Å². The van der Waals surface area contributed by atoms with Crippen molar-refractivity contribution in [1.29, 1.82) is 0 Å². The Balaban J connectivity index is 2.08. The first-order chi connectivity index (χ1) is 10.5. The van der Waals surface area contributed by atoms with Gasteiger partial charge in [0.1, 0.15) is 10.6 Å². The number of rotatable bonds is 4. The number of aromatic nitrogens is 1. The van der Waals surface area contributed by atoms with E-state index in [4.69, 9.17) is 9.26 Å². The normalized spacial score (nSPS) is 16.1. The lowest BCUT2D eigenvalue weighted by Gasteiger charge is -2.18. The quantitative estimate of drug-likeness (QED) is 0.864. The van der Waals surface area contributed by atoms with E-state index in [0.29, 0.717) is 30.2 Å². The number of nitrogens with zero attached hydrogens (tertiary/aromatic N) is 2. The molecule has 0 bridgehead atoms. The molecule has 22 heavy (non-hydrogen) atoms. The molecule has 1 aromatic carbocycles. The van der Waals surface area contributed by atoms with E-state index in [0.717, 1.165) is 18.5 Å². The lowest BCUT2D eigenvalue weighted by atomic mass is 10.1. The minimum atomic E-state index is -3.56. The number of ether oxygens (including phenoxy) is 1. The van der Waals surface area contributed by atoms with Crippen LogP contribution in [0.4, 0.5) is 0 Å². The summed E-state index contributed by atoms with van der Waals surface area (Å²) in [6, 6.07) is 6.78. The van der Waals surface area contributed by atoms with Crippen molar-refractivity contribution in [2.75, 3.05) is 20.2 Å².